The average molecular weight is 968 g/mol. The van der Waals surface area contributed by atoms with E-state index >= 15 is 0 Å². The van der Waals surface area contributed by atoms with Crippen LogP contribution in [-0.2, 0) is 12.8 Å². The van der Waals surface area contributed by atoms with Crippen LogP contribution in [0.25, 0.3) is 23.9 Å². The molecule has 0 aliphatic carbocycles. The highest BCUT2D eigenvalue weighted by Crippen LogP contribution is 2.42. The van der Waals surface area contributed by atoms with Gasteiger partial charge in [0.25, 0.3) is 0 Å². The second-order valence-electron chi connectivity index (χ2n) is 19.8. The van der Waals surface area contributed by atoms with Gasteiger partial charge < -0.3 is 39.5 Å². The zero-order valence-electron chi connectivity index (χ0n) is 41.0. The van der Waals surface area contributed by atoms with Crippen molar-refractivity contribution in [3.63, 3.8) is 0 Å². The number of nitrogens with one attached hydrogen (secondary N) is 3. The van der Waals surface area contributed by atoms with Crippen molar-refractivity contribution in [2.45, 2.75) is 88.6 Å². The number of fused-ring (bicyclic) bond motifs is 2. The maximum atomic E-state index is 14.2. The number of nitrogens with zero attached hydrogens (tertiary/aromatic N) is 8. The molecule has 1 unspecified atom stereocenters. The fraction of sp³-hybridized carbons (Fsp3) is 0.455. The first-order valence-electron chi connectivity index (χ1n) is 25.3. The number of anilines is 7. The lowest BCUT2D eigenvalue weighted by Gasteiger charge is -2.44. The maximum absolute atomic E-state index is 14.2. The molecule has 4 saturated heterocycles. The molecule has 5 aromatic rings. The minimum absolute atomic E-state index is 0.146. The first-order chi connectivity index (χ1) is 33.6. The predicted molar refractivity (Wildman–Crippen MR) is 292 cm³/mol. The Bertz CT molecular complexity index is 2810. The fourth-order valence-corrected chi connectivity index (χ4v) is 12.8. The molecular formula is C55H70FN11S2. The average Bonchev–Trinajstić information content (AvgIpc) is 3.91. The monoisotopic (exact) mass is 968 g/mol. The molecule has 0 amide bonds. The lowest BCUT2D eigenvalue weighted by Crippen LogP contribution is -2.53. The SMILES string of the molecule is C=C1CCC(n2c(=C)c3ccc(N4CCC(CCN5CCN(C6CCN(c7cc(CC)c(Nc8ncc(SF)c(Nc9cccc%10c9N(SC)CC%10)n8)cc7C)CC6)CC5)CC4)cc3c2=C)C(=C)N1. The molecule has 364 valence electrons. The molecule has 7 heterocycles. The van der Waals surface area contributed by atoms with E-state index in [9.17, 15) is 3.89 Å². The third kappa shape index (κ3) is 9.83. The fourth-order valence-electron chi connectivity index (χ4n) is 11.8. The molecule has 2 aromatic heterocycles. The van der Waals surface area contributed by atoms with E-state index in [1.807, 2.05) is 12.1 Å². The highest BCUT2D eigenvalue weighted by atomic mass is 32.2. The van der Waals surface area contributed by atoms with Crippen LogP contribution < -0.4 is 40.8 Å². The number of aromatic nitrogens is 3. The van der Waals surface area contributed by atoms with E-state index in [0.29, 0.717) is 22.7 Å². The number of halogens is 1. The van der Waals surface area contributed by atoms with Crippen LogP contribution in [0.5, 0.6) is 0 Å². The van der Waals surface area contributed by atoms with E-state index in [1.54, 1.807) is 18.1 Å². The van der Waals surface area contributed by atoms with Gasteiger partial charge in [-0.15, -0.1) is 0 Å². The maximum Gasteiger partial charge on any atom is 0.229 e. The van der Waals surface area contributed by atoms with Gasteiger partial charge in [-0.2, -0.15) is 8.87 Å². The van der Waals surface area contributed by atoms with E-state index in [1.165, 1.54) is 104 Å². The van der Waals surface area contributed by atoms with E-state index in [-0.39, 0.29) is 18.2 Å². The van der Waals surface area contributed by atoms with Crippen molar-refractivity contribution in [2.75, 3.05) is 96.4 Å². The summed E-state index contributed by atoms with van der Waals surface area (Å²) in [6.45, 7) is 33.1. The van der Waals surface area contributed by atoms with Crippen molar-refractivity contribution in [1.29, 1.82) is 0 Å². The van der Waals surface area contributed by atoms with Crippen LogP contribution in [-0.4, -0.2) is 102 Å². The van der Waals surface area contributed by atoms with E-state index < -0.39 is 0 Å². The number of hydrogen-bond acceptors (Lipinski definition) is 12. The second kappa shape index (κ2) is 20.7. The normalized spacial score (nSPS) is 19.9. The van der Waals surface area contributed by atoms with Crippen LogP contribution in [0.2, 0.25) is 0 Å². The Labute approximate surface area is 417 Å². The molecule has 3 aromatic carbocycles. The Kier molecular flexibility index (Phi) is 14.2. The smallest absolute Gasteiger partial charge is 0.229 e. The molecule has 4 fully saturated rings. The van der Waals surface area contributed by atoms with Gasteiger partial charge in [-0.05, 0) is 124 Å². The molecule has 5 aliphatic rings. The summed E-state index contributed by atoms with van der Waals surface area (Å²) < 4.78 is 18.7. The van der Waals surface area contributed by atoms with Gasteiger partial charge in [0, 0.05) is 121 Å². The van der Waals surface area contributed by atoms with Crippen molar-refractivity contribution < 1.29 is 3.89 Å². The van der Waals surface area contributed by atoms with E-state index in [2.05, 4.69) is 132 Å². The number of piperidine rings is 3. The van der Waals surface area contributed by atoms with Gasteiger partial charge in [-0.3, -0.25) is 4.90 Å². The summed E-state index contributed by atoms with van der Waals surface area (Å²) in [4.78, 5) is 20.4. The predicted octanol–water partition coefficient (Wildman–Crippen LogP) is 10.1. The number of benzene rings is 3. The molecule has 0 radical (unpaired) electrons. The van der Waals surface area contributed by atoms with Gasteiger partial charge in [0.2, 0.25) is 5.95 Å². The minimum atomic E-state index is 0.146. The number of hydrogen-bond donors (Lipinski definition) is 3. The van der Waals surface area contributed by atoms with Crippen LogP contribution in [0, 0.1) is 12.8 Å². The third-order valence-corrected chi connectivity index (χ3v) is 17.1. The first-order valence-corrected chi connectivity index (χ1v) is 27.2. The van der Waals surface area contributed by atoms with Gasteiger partial charge in [-0.1, -0.05) is 63.4 Å². The van der Waals surface area contributed by atoms with Gasteiger partial charge in [-0.25, -0.2) is 4.98 Å². The van der Waals surface area contributed by atoms with Crippen molar-refractivity contribution in [3.8, 4) is 0 Å². The molecule has 14 heteroatoms. The molecule has 0 saturated carbocycles. The highest BCUT2D eigenvalue weighted by Gasteiger charge is 2.30. The quantitative estimate of drug-likeness (QED) is 0.0928. The zero-order valence-corrected chi connectivity index (χ0v) is 42.6. The summed E-state index contributed by atoms with van der Waals surface area (Å²) in [5.74, 6) is 1.68. The topological polar surface area (TPSA) is 83.0 Å². The third-order valence-electron chi connectivity index (χ3n) is 15.9. The molecule has 69 heavy (non-hydrogen) atoms. The molecule has 10 rings (SSSR count). The Balaban J connectivity index is 0.684. The van der Waals surface area contributed by atoms with Gasteiger partial charge in [0.05, 0.1) is 35.8 Å². The summed E-state index contributed by atoms with van der Waals surface area (Å²) in [5, 5.41) is 14.8. The van der Waals surface area contributed by atoms with Crippen molar-refractivity contribution in [3.05, 3.63) is 107 Å². The number of allylic oxidation sites excluding steroid dienone is 2. The van der Waals surface area contributed by atoms with Crippen LogP contribution >= 0.6 is 24.1 Å². The number of para-hydroxylation sites is 1. The van der Waals surface area contributed by atoms with E-state index in [0.717, 1.165) is 103 Å². The summed E-state index contributed by atoms with van der Waals surface area (Å²) in [7, 11) is 0. The summed E-state index contributed by atoms with van der Waals surface area (Å²) in [5.41, 5.74) is 11.4. The van der Waals surface area contributed by atoms with E-state index in [4.69, 9.17) is 4.98 Å². The molecule has 3 N–H and O–H groups in total. The summed E-state index contributed by atoms with van der Waals surface area (Å²) in [6.07, 6.45) is 13.6. The first kappa shape index (κ1) is 47.5. The van der Waals surface area contributed by atoms with Crippen molar-refractivity contribution >= 4 is 88.2 Å². The molecule has 0 spiro atoms. The minimum Gasteiger partial charge on any atom is -0.371 e. The number of rotatable bonds is 14. The molecule has 1 atom stereocenters. The molecule has 5 aliphatic heterocycles. The molecule has 11 nitrogen and oxygen atoms in total. The lowest BCUT2D eigenvalue weighted by molar-refractivity contribution is 0.0809. The lowest BCUT2D eigenvalue weighted by atomic mass is 9.92. The highest BCUT2D eigenvalue weighted by molar-refractivity contribution is 8.00. The Morgan fingerprint density at radius 1 is 0.812 bits per heavy atom. The standard InChI is InChI=1S/C55H70FN11S2/c1-8-42-33-51(36(2)32-49(42)60-55-57-35-52(69-56)54(61-55)59-48-11-9-10-43-19-27-66(68-7)53(43)48)65-25-20-44(21-26-65)64-30-28-62(29-31-64)22-16-41-17-23-63(24-18-41)45-13-14-46-39(5)67(40(6)47(46)34-45)50-15-12-37(3)58-38(50)4/h9-11,13-14,32-35,41,44,50,58H,3-6,8,12,15-31H2,1-2,7H3,(H2,57,59,60,61). The van der Waals surface area contributed by atoms with Crippen LogP contribution in [0.1, 0.15) is 74.6 Å². The van der Waals surface area contributed by atoms with Crippen LogP contribution in [0.15, 0.2) is 84.2 Å². The molecule has 0 bridgehead atoms. The summed E-state index contributed by atoms with van der Waals surface area (Å²) in [6, 6.07) is 18.5. The number of piperazine rings is 1. The molecular weight excluding hydrogens is 898 g/mol. The van der Waals surface area contributed by atoms with Gasteiger partial charge in [0.1, 0.15) is 4.90 Å². The van der Waals surface area contributed by atoms with Crippen LogP contribution in [0.3, 0.4) is 0 Å². The van der Waals surface area contributed by atoms with Gasteiger partial charge in [0.15, 0.2) is 5.82 Å². The Morgan fingerprint density at radius 2 is 1.58 bits per heavy atom. The summed E-state index contributed by atoms with van der Waals surface area (Å²) >= 11 is 1.86. The largest absolute Gasteiger partial charge is 0.371 e. The van der Waals surface area contributed by atoms with Crippen molar-refractivity contribution in [1.82, 2.24) is 29.7 Å². The van der Waals surface area contributed by atoms with Crippen molar-refractivity contribution in [2.24, 2.45) is 5.92 Å². The van der Waals surface area contributed by atoms with Gasteiger partial charge >= 0.3 is 0 Å². The Hall–Kier alpha value is -5.15. The second-order valence-corrected chi connectivity index (χ2v) is 21.2. The Morgan fingerprint density at radius 3 is 2.32 bits per heavy atom. The number of aryl methyl sites for hydroxylation is 2. The zero-order chi connectivity index (χ0) is 47.8. The van der Waals surface area contributed by atoms with Crippen LogP contribution in [0.4, 0.5) is 44.1 Å².